The normalized spacial score (nSPS) is 19.2. The van der Waals surface area contributed by atoms with Gasteiger partial charge in [-0.3, -0.25) is 14.1 Å². The average Bonchev–Trinajstić information content (AvgIpc) is 3.52. The van der Waals surface area contributed by atoms with Gasteiger partial charge in [0.1, 0.15) is 16.5 Å². The second kappa shape index (κ2) is 14.0. The lowest BCUT2D eigenvalue weighted by Crippen LogP contribution is -2.59. The minimum atomic E-state index is -3.53. The van der Waals surface area contributed by atoms with Crippen molar-refractivity contribution in [2.45, 2.75) is 38.3 Å². The van der Waals surface area contributed by atoms with Crippen molar-refractivity contribution in [2.75, 3.05) is 99.3 Å². The van der Waals surface area contributed by atoms with E-state index >= 15 is 0 Å². The molecule has 3 saturated heterocycles. The van der Waals surface area contributed by atoms with Crippen molar-refractivity contribution in [3.05, 3.63) is 46.6 Å². The van der Waals surface area contributed by atoms with Crippen LogP contribution in [0.3, 0.4) is 0 Å². The summed E-state index contributed by atoms with van der Waals surface area (Å²) in [5.74, 6) is 1.99. The fraction of sp³-hybridized carbons (Fsp3) is 0.529. The SMILES string of the molecule is COc1cc(N2CCC(N3CCN(C4COC4)CC3)CC2)c(C)cc1Nc1ncc(Cl)c(Nc2cc3c(cc2N(C)S(C)(=O)=O)CCO3)n1. The van der Waals surface area contributed by atoms with Crippen LogP contribution in [0.4, 0.5) is 34.5 Å². The number of sulfonamides is 1. The lowest BCUT2D eigenvalue weighted by atomic mass is 10.00. The fourth-order valence-corrected chi connectivity index (χ4v) is 7.82. The molecule has 49 heavy (non-hydrogen) atoms. The average molecular weight is 713 g/mol. The zero-order chi connectivity index (χ0) is 34.3. The highest BCUT2D eigenvalue weighted by Crippen LogP contribution is 2.40. The van der Waals surface area contributed by atoms with Gasteiger partial charge in [-0.2, -0.15) is 4.98 Å². The lowest BCUT2D eigenvalue weighted by Gasteiger charge is -2.46. The topological polar surface area (TPSA) is 125 Å². The number of piperazine rings is 1. The van der Waals surface area contributed by atoms with Crippen molar-refractivity contribution in [3.8, 4) is 11.5 Å². The first-order valence-corrected chi connectivity index (χ1v) is 19.1. The number of anilines is 6. The second-order valence-electron chi connectivity index (χ2n) is 13.3. The van der Waals surface area contributed by atoms with Gasteiger partial charge in [0, 0.05) is 76.6 Å². The number of benzene rings is 2. The Bertz CT molecular complexity index is 1790. The number of rotatable bonds is 10. The molecule has 4 aliphatic rings. The number of hydrogen-bond donors (Lipinski definition) is 2. The van der Waals surface area contributed by atoms with E-state index in [4.69, 9.17) is 25.8 Å². The van der Waals surface area contributed by atoms with Crippen molar-refractivity contribution in [2.24, 2.45) is 0 Å². The molecule has 0 amide bonds. The number of nitrogens with one attached hydrogen (secondary N) is 2. The van der Waals surface area contributed by atoms with Gasteiger partial charge in [-0.15, -0.1) is 0 Å². The van der Waals surface area contributed by atoms with Crippen LogP contribution < -0.4 is 29.3 Å². The van der Waals surface area contributed by atoms with E-state index in [9.17, 15) is 8.42 Å². The van der Waals surface area contributed by atoms with Gasteiger partial charge in [0.2, 0.25) is 16.0 Å². The van der Waals surface area contributed by atoms with Crippen LogP contribution in [0.5, 0.6) is 11.5 Å². The molecule has 0 atom stereocenters. The Morgan fingerprint density at radius 3 is 2.35 bits per heavy atom. The van der Waals surface area contributed by atoms with E-state index in [1.807, 2.05) is 6.07 Å². The molecule has 15 heteroatoms. The molecule has 13 nitrogen and oxygen atoms in total. The summed E-state index contributed by atoms with van der Waals surface area (Å²) in [6, 6.07) is 9.00. The second-order valence-corrected chi connectivity index (χ2v) is 15.7. The van der Waals surface area contributed by atoms with Crippen LogP contribution >= 0.6 is 11.6 Å². The van der Waals surface area contributed by atoms with Crippen LogP contribution in [0.1, 0.15) is 24.0 Å². The quantitative estimate of drug-likeness (QED) is 0.312. The van der Waals surface area contributed by atoms with Crippen molar-refractivity contribution >= 4 is 56.1 Å². The van der Waals surface area contributed by atoms with Crippen LogP contribution in [-0.2, 0) is 21.2 Å². The van der Waals surface area contributed by atoms with E-state index in [1.165, 1.54) is 17.5 Å². The van der Waals surface area contributed by atoms with Gasteiger partial charge >= 0.3 is 0 Å². The number of hydrogen-bond acceptors (Lipinski definition) is 12. The molecule has 7 rings (SSSR count). The summed E-state index contributed by atoms with van der Waals surface area (Å²) < 4.78 is 43.2. The molecule has 0 saturated carbocycles. The molecule has 2 aromatic carbocycles. The van der Waals surface area contributed by atoms with Crippen LogP contribution in [0.15, 0.2) is 30.5 Å². The molecular weight excluding hydrogens is 668 g/mol. The number of halogens is 1. The Balaban J connectivity index is 1.04. The first-order chi connectivity index (χ1) is 23.6. The molecule has 3 aromatic rings. The highest BCUT2D eigenvalue weighted by atomic mass is 35.5. The van der Waals surface area contributed by atoms with Gasteiger partial charge in [0.05, 0.1) is 62.5 Å². The van der Waals surface area contributed by atoms with Gasteiger partial charge in [0.15, 0.2) is 5.82 Å². The zero-order valence-corrected chi connectivity index (χ0v) is 30.1. The van der Waals surface area contributed by atoms with Crippen molar-refractivity contribution in [3.63, 3.8) is 0 Å². The van der Waals surface area contributed by atoms with Gasteiger partial charge in [0.25, 0.3) is 0 Å². The number of piperidine rings is 1. The summed E-state index contributed by atoms with van der Waals surface area (Å²) in [6.07, 6.45) is 5.65. The Hall–Kier alpha value is -3.56. The Morgan fingerprint density at radius 1 is 0.980 bits per heavy atom. The summed E-state index contributed by atoms with van der Waals surface area (Å²) in [5, 5.41) is 6.81. The summed E-state index contributed by atoms with van der Waals surface area (Å²) in [4.78, 5) is 16.8. The largest absolute Gasteiger partial charge is 0.494 e. The van der Waals surface area contributed by atoms with Crippen LogP contribution in [0.2, 0.25) is 5.02 Å². The molecule has 5 heterocycles. The third-order valence-corrected chi connectivity index (χ3v) is 11.7. The molecule has 0 bridgehead atoms. The maximum atomic E-state index is 12.5. The standard InChI is InChI=1S/C34H45ClN8O5S/c1-22-15-28(32(46-3)18-29(22)43-8-5-24(6-9-43)41-10-12-42(13-11-41)25-20-47-21-25)38-34-36-19-26(35)33(39-34)37-27-17-31-23(7-14-48-31)16-30(27)40(2)49(4,44)45/h15-19,24-25H,5-14,20-21H2,1-4H3,(H2,36,37,38,39). The lowest BCUT2D eigenvalue weighted by molar-refractivity contribution is -0.0803. The van der Waals surface area contributed by atoms with Crippen LogP contribution in [0.25, 0.3) is 0 Å². The van der Waals surface area contributed by atoms with E-state index in [2.05, 4.69) is 54.4 Å². The van der Waals surface area contributed by atoms with E-state index < -0.39 is 10.0 Å². The van der Waals surface area contributed by atoms with Crippen molar-refractivity contribution < 1.29 is 22.6 Å². The van der Waals surface area contributed by atoms with Crippen LogP contribution in [-0.4, -0.2) is 120 Å². The fourth-order valence-electron chi connectivity index (χ4n) is 7.17. The first-order valence-electron chi connectivity index (χ1n) is 16.9. The van der Waals surface area contributed by atoms with Crippen molar-refractivity contribution in [1.82, 2.24) is 19.8 Å². The monoisotopic (exact) mass is 712 g/mol. The third-order valence-electron chi connectivity index (χ3n) is 10.2. The first kappa shape index (κ1) is 33.9. The van der Waals surface area contributed by atoms with E-state index in [0.717, 1.165) is 94.1 Å². The Morgan fingerprint density at radius 2 is 1.69 bits per heavy atom. The van der Waals surface area contributed by atoms with Gasteiger partial charge in [-0.25, -0.2) is 13.4 Å². The predicted molar refractivity (Wildman–Crippen MR) is 193 cm³/mol. The number of fused-ring (bicyclic) bond motifs is 1. The van der Waals surface area contributed by atoms with Crippen molar-refractivity contribution in [1.29, 1.82) is 0 Å². The molecule has 3 fully saturated rings. The van der Waals surface area contributed by atoms with Gasteiger partial charge in [-0.05, 0) is 43.0 Å². The Labute approximate surface area is 293 Å². The molecular formula is C34H45ClN8O5S. The maximum absolute atomic E-state index is 12.5. The van der Waals surface area contributed by atoms with E-state index in [-0.39, 0.29) is 5.02 Å². The third kappa shape index (κ3) is 7.20. The molecule has 264 valence electrons. The molecule has 2 N–H and O–H groups in total. The number of aromatic nitrogens is 2. The Kier molecular flexibility index (Phi) is 9.68. The minimum absolute atomic E-state index is 0.275. The van der Waals surface area contributed by atoms with Gasteiger partial charge < -0.3 is 29.7 Å². The summed E-state index contributed by atoms with van der Waals surface area (Å²) in [7, 11) is -0.358. The smallest absolute Gasteiger partial charge is 0.232 e. The highest BCUT2D eigenvalue weighted by Gasteiger charge is 2.33. The summed E-state index contributed by atoms with van der Waals surface area (Å²) >= 11 is 6.55. The highest BCUT2D eigenvalue weighted by molar-refractivity contribution is 7.92. The maximum Gasteiger partial charge on any atom is 0.232 e. The molecule has 1 aromatic heterocycles. The molecule has 0 radical (unpaired) electrons. The number of aryl methyl sites for hydroxylation is 1. The van der Waals surface area contributed by atoms with E-state index in [1.54, 1.807) is 13.2 Å². The number of methoxy groups -OCH3 is 1. The predicted octanol–water partition coefficient (Wildman–Crippen LogP) is 4.25. The summed E-state index contributed by atoms with van der Waals surface area (Å²) in [6.45, 7) is 11.0. The zero-order valence-electron chi connectivity index (χ0n) is 28.5. The van der Waals surface area contributed by atoms with E-state index in [0.29, 0.717) is 59.8 Å². The number of nitrogens with zero attached hydrogens (tertiary/aromatic N) is 6. The molecule has 4 aliphatic heterocycles. The summed E-state index contributed by atoms with van der Waals surface area (Å²) in [5.41, 5.74) is 4.91. The molecule has 0 unspecified atom stereocenters. The molecule has 0 aliphatic carbocycles. The van der Waals surface area contributed by atoms with Gasteiger partial charge in [-0.1, -0.05) is 11.6 Å². The van der Waals surface area contributed by atoms with Crippen LogP contribution in [0, 0.1) is 6.92 Å². The number of ether oxygens (including phenoxy) is 3. The minimum Gasteiger partial charge on any atom is -0.494 e. The molecule has 0 spiro atoms.